The number of nitrogens with zero attached hydrogens (tertiary/aromatic N) is 4. The number of piperidine rings is 1. The summed E-state index contributed by atoms with van der Waals surface area (Å²) in [6.45, 7) is 12.6. The van der Waals surface area contributed by atoms with Gasteiger partial charge in [-0.3, -0.25) is 9.59 Å². The Morgan fingerprint density at radius 1 is 0.923 bits per heavy atom. The molecular weight excluding hydrogens is 494 g/mol. The Kier molecular flexibility index (Phi) is 12.9. The van der Waals surface area contributed by atoms with Crippen molar-refractivity contribution in [3.63, 3.8) is 0 Å². The fourth-order valence-corrected chi connectivity index (χ4v) is 5.30. The van der Waals surface area contributed by atoms with Crippen LogP contribution in [0.5, 0.6) is 0 Å². The number of rotatable bonds is 13. The molecule has 0 atom stereocenters. The molecule has 1 N–H and O–H groups in total. The zero-order valence-electron chi connectivity index (χ0n) is 24.7. The molecule has 2 aromatic rings. The van der Waals surface area contributed by atoms with Crippen molar-refractivity contribution in [1.29, 1.82) is 0 Å². The number of carbonyl (C=O) groups excluding carboxylic acids is 2. The lowest BCUT2D eigenvalue weighted by Crippen LogP contribution is -2.45. The van der Waals surface area contributed by atoms with Gasteiger partial charge in [0.15, 0.2) is 0 Å². The van der Waals surface area contributed by atoms with Crippen molar-refractivity contribution in [1.82, 2.24) is 24.8 Å². The predicted octanol–water partition coefficient (Wildman–Crippen LogP) is 3.44. The summed E-state index contributed by atoms with van der Waals surface area (Å²) in [7, 11) is 4.24. The van der Waals surface area contributed by atoms with Crippen LogP contribution in [-0.4, -0.2) is 97.4 Å². The van der Waals surface area contributed by atoms with E-state index in [-0.39, 0.29) is 11.7 Å². The van der Waals surface area contributed by atoms with Gasteiger partial charge in [-0.15, -0.1) is 0 Å². The number of hydrogen-bond donors (Lipinski definition) is 1. The molecule has 0 radical (unpaired) electrons. The van der Waals surface area contributed by atoms with E-state index >= 15 is 0 Å². The topological polar surface area (TPSA) is 79.3 Å². The molecule has 0 aliphatic carbocycles. The second kappa shape index (κ2) is 16.1. The van der Waals surface area contributed by atoms with Crippen LogP contribution in [0.25, 0.3) is 10.9 Å². The van der Waals surface area contributed by atoms with E-state index in [9.17, 15) is 9.59 Å². The van der Waals surface area contributed by atoms with E-state index in [4.69, 9.17) is 9.47 Å². The summed E-state index contributed by atoms with van der Waals surface area (Å²) in [6.07, 6.45) is 2.94. The lowest BCUT2D eigenvalue weighted by molar-refractivity contribution is -0.132. The molecule has 0 unspecified atom stereocenters. The van der Waals surface area contributed by atoms with Crippen LogP contribution in [0.2, 0.25) is 0 Å². The highest BCUT2D eigenvalue weighted by atomic mass is 16.5. The summed E-state index contributed by atoms with van der Waals surface area (Å²) in [6, 6.07) is 9.01. The fraction of sp³-hybridized carbons (Fsp3) is 0.667. The van der Waals surface area contributed by atoms with Gasteiger partial charge in [0.05, 0.1) is 33.0 Å². The zero-order valence-corrected chi connectivity index (χ0v) is 24.7. The Hall–Kier alpha value is -2.30. The summed E-state index contributed by atoms with van der Waals surface area (Å²) in [4.78, 5) is 26.0. The first-order chi connectivity index (χ1) is 18.9. The van der Waals surface area contributed by atoms with E-state index in [0.717, 1.165) is 52.1 Å². The van der Waals surface area contributed by atoms with Crippen LogP contribution >= 0.6 is 0 Å². The van der Waals surface area contributed by atoms with Crippen molar-refractivity contribution < 1.29 is 19.1 Å². The largest absolute Gasteiger partial charge is 0.379 e. The quantitative estimate of drug-likeness (QED) is 0.388. The van der Waals surface area contributed by atoms with Crippen molar-refractivity contribution in [2.75, 3.05) is 60.2 Å². The Labute approximate surface area is 234 Å². The van der Waals surface area contributed by atoms with Gasteiger partial charge in [0.25, 0.3) is 0 Å². The first-order valence-electron chi connectivity index (χ1n) is 14.6. The first-order valence-corrected chi connectivity index (χ1v) is 14.6. The summed E-state index contributed by atoms with van der Waals surface area (Å²) < 4.78 is 13.3. The number of aryl methyl sites for hydroxylation is 1. The van der Waals surface area contributed by atoms with Gasteiger partial charge in [-0.1, -0.05) is 32.0 Å². The zero-order chi connectivity index (χ0) is 28.2. The van der Waals surface area contributed by atoms with Crippen LogP contribution in [0.1, 0.15) is 57.7 Å². The maximum Gasteiger partial charge on any atom is 0.224 e. The van der Waals surface area contributed by atoms with Gasteiger partial charge in [-0.05, 0) is 31.4 Å². The number of aromatic nitrogens is 1. The molecule has 218 valence electrons. The Balaban J connectivity index is 0.00000205. The number of amides is 1. The predicted molar refractivity (Wildman–Crippen MR) is 155 cm³/mol. The molecule has 0 spiro atoms. The molecule has 0 saturated carbocycles. The summed E-state index contributed by atoms with van der Waals surface area (Å²) in [5.41, 5.74) is 3.96. The van der Waals surface area contributed by atoms with E-state index in [0.29, 0.717) is 45.3 Å². The maximum absolute atomic E-state index is 13.1. The second-order valence-corrected chi connectivity index (χ2v) is 10.3. The summed E-state index contributed by atoms with van der Waals surface area (Å²) in [5, 5.41) is 9.35. The molecular formula is C30H49N5O4. The minimum Gasteiger partial charge on any atom is -0.379 e. The highest BCUT2D eigenvalue weighted by Crippen LogP contribution is 2.31. The van der Waals surface area contributed by atoms with Crippen LogP contribution in [0.4, 0.5) is 0 Å². The SMILES string of the molecule is CC.CC(=O)CCOCCOCCNC1CCN(C(=O)CCn2c3c(c4ccccc42)CN(C)N(C)C3)CC1. The number of hydrogen-bond acceptors (Lipinski definition) is 7. The van der Waals surface area contributed by atoms with Crippen molar-refractivity contribution in [2.45, 2.75) is 72.1 Å². The minimum atomic E-state index is 0.146. The molecule has 1 aromatic carbocycles. The van der Waals surface area contributed by atoms with Crippen LogP contribution < -0.4 is 5.32 Å². The van der Waals surface area contributed by atoms with Crippen molar-refractivity contribution in [2.24, 2.45) is 0 Å². The fourth-order valence-electron chi connectivity index (χ4n) is 5.30. The van der Waals surface area contributed by atoms with Gasteiger partial charge < -0.3 is 24.3 Å². The molecule has 1 amide bonds. The Morgan fingerprint density at radius 2 is 1.59 bits per heavy atom. The number of para-hydroxylation sites is 1. The number of fused-ring (bicyclic) bond motifs is 3. The van der Waals surface area contributed by atoms with Gasteiger partial charge in [-0.2, -0.15) is 0 Å². The average Bonchev–Trinajstić information content (AvgIpc) is 3.24. The molecule has 2 aliphatic rings. The minimum absolute atomic E-state index is 0.146. The third kappa shape index (κ3) is 8.85. The van der Waals surface area contributed by atoms with Gasteiger partial charge >= 0.3 is 0 Å². The molecule has 4 rings (SSSR count). The highest BCUT2D eigenvalue weighted by Gasteiger charge is 2.26. The number of benzene rings is 1. The van der Waals surface area contributed by atoms with Crippen LogP contribution in [0, 0.1) is 0 Å². The smallest absolute Gasteiger partial charge is 0.224 e. The van der Waals surface area contributed by atoms with Crippen molar-refractivity contribution >= 4 is 22.6 Å². The van der Waals surface area contributed by atoms with Gasteiger partial charge in [0, 0.05) is 82.3 Å². The number of Topliss-reactive ketones (excluding diaryl/α,β-unsaturated/α-hetero) is 1. The Morgan fingerprint density at radius 3 is 2.31 bits per heavy atom. The molecule has 1 saturated heterocycles. The van der Waals surface area contributed by atoms with Crippen LogP contribution in [0.15, 0.2) is 24.3 Å². The molecule has 39 heavy (non-hydrogen) atoms. The van der Waals surface area contributed by atoms with E-state index in [1.54, 1.807) is 6.92 Å². The highest BCUT2D eigenvalue weighted by molar-refractivity contribution is 5.86. The lowest BCUT2D eigenvalue weighted by Gasteiger charge is -2.34. The first kappa shape index (κ1) is 31.2. The van der Waals surface area contributed by atoms with E-state index < -0.39 is 0 Å². The molecule has 0 bridgehead atoms. The molecule has 1 aromatic heterocycles. The number of carbonyl (C=O) groups is 2. The van der Waals surface area contributed by atoms with Crippen LogP contribution in [-0.2, 0) is 38.7 Å². The van der Waals surface area contributed by atoms with Gasteiger partial charge in [0.2, 0.25) is 5.91 Å². The normalized spacial score (nSPS) is 16.7. The molecule has 2 aliphatic heterocycles. The van der Waals surface area contributed by atoms with E-state index in [1.165, 1.54) is 22.2 Å². The maximum atomic E-state index is 13.1. The van der Waals surface area contributed by atoms with Crippen LogP contribution in [0.3, 0.4) is 0 Å². The molecule has 1 fully saturated rings. The monoisotopic (exact) mass is 543 g/mol. The van der Waals surface area contributed by atoms with Gasteiger partial charge in [-0.25, -0.2) is 10.0 Å². The molecule has 9 heteroatoms. The third-order valence-corrected chi connectivity index (χ3v) is 7.59. The number of ether oxygens (including phenoxy) is 2. The van der Waals surface area contributed by atoms with Crippen molar-refractivity contribution in [3.05, 3.63) is 35.5 Å². The lowest BCUT2D eigenvalue weighted by atomic mass is 10.0. The standard InChI is InChI=1S/C28H43N5O4.C2H6/c1-22(34)11-16-36-18-19-37-17-12-29-23-8-13-32(14-9-23)28(35)10-15-33-26-7-5-4-6-24(26)25-20-30(2)31(3)21-27(25)33;1-2/h4-7,23,29H,8-21H2,1-3H3;1-2H3. The number of hydrazine groups is 1. The van der Waals surface area contributed by atoms with Crippen molar-refractivity contribution in [3.8, 4) is 0 Å². The Bertz CT molecular complexity index is 1050. The molecule has 9 nitrogen and oxygen atoms in total. The third-order valence-electron chi connectivity index (χ3n) is 7.59. The van der Waals surface area contributed by atoms with E-state index in [2.05, 4.69) is 58.3 Å². The number of ketones is 1. The average molecular weight is 544 g/mol. The summed E-state index contributed by atoms with van der Waals surface area (Å²) in [5.74, 6) is 0.395. The summed E-state index contributed by atoms with van der Waals surface area (Å²) >= 11 is 0. The van der Waals surface area contributed by atoms with E-state index in [1.807, 2.05) is 18.7 Å². The number of nitrogens with one attached hydrogen (secondary N) is 1. The second-order valence-electron chi connectivity index (χ2n) is 10.3. The molecule has 3 heterocycles. The number of likely N-dealkylation sites (tertiary alicyclic amines) is 1. The van der Waals surface area contributed by atoms with Gasteiger partial charge in [0.1, 0.15) is 5.78 Å².